The highest BCUT2D eigenvalue weighted by molar-refractivity contribution is 5.98. The summed E-state index contributed by atoms with van der Waals surface area (Å²) in [6.07, 6.45) is 1.36. The van der Waals surface area contributed by atoms with Crippen LogP contribution >= 0.6 is 0 Å². The van der Waals surface area contributed by atoms with Crippen LogP contribution in [0.4, 0.5) is 16.2 Å². The molecule has 1 heterocycles. The Morgan fingerprint density at radius 3 is 2.48 bits per heavy atom. The predicted molar refractivity (Wildman–Crippen MR) is 112 cm³/mol. The van der Waals surface area contributed by atoms with Crippen molar-refractivity contribution in [3.63, 3.8) is 0 Å². The lowest BCUT2D eigenvalue weighted by atomic mass is 10.2. The van der Waals surface area contributed by atoms with Crippen LogP contribution in [0.2, 0.25) is 0 Å². The smallest absolute Gasteiger partial charge is 0.343 e. The highest BCUT2D eigenvalue weighted by Gasteiger charge is 2.22. The van der Waals surface area contributed by atoms with Gasteiger partial charge in [-0.3, -0.25) is 9.69 Å². The Balaban J connectivity index is 1.67. The zero-order chi connectivity index (χ0) is 21.0. The van der Waals surface area contributed by atoms with E-state index in [4.69, 9.17) is 4.74 Å². The van der Waals surface area contributed by atoms with Gasteiger partial charge in [0.2, 0.25) is 5.91 Å². The van der Waals surface area contributed by atoms with Crippen LogP contribution in [0.25, 0.3) is 0 Å². The number of benzene rings is 2. The maximum Gasteiger partial charge on any atom is 0.343 e. The highest BCUT2D eigenvalue weighted by atomic mass is 16.5. The minimum absolute atomic E-state index is 0.0387. The first-order valence-electron chi connectivity index (χ1n) is 9.62. The van der Waals surface area contributed by atoms with Crippen molar-refractivity contribution in [1.82, 2.24) is 5.32 Å². The SMILES string of the molecule is CC(C)NC(=O)N(C)c1ccc(OC(=O)c2cccc(N3CCCC3=O)c2)cc1. The van der Waals surface area contributed by atoms with Gasteiger partial charge < -0.3 is 15.0 Å². The summed E-state index contributed by atoms with van der Waals surface area (Å²) in [6.45, 7) is 4.45. The third-order valence-corrected chi connectivity index (χ3v) is 4.62. The van der Waals surface area contributed by atoms with E-state index in [1.165, 1.54) is 4.90 Å². The molecule has 0 aromatic heterocycles. The molecule has 29 heavy (non-hydrogen) atoms. The van der Waals surface area contributed by atoms with Crippen molar-refractivity contribution in [2.24, 2.45) is 0 Å². The first-order chi connectivity index (χ1) is 13.8. The van der Waals surface area contributed by atoms with E-state index < -0.39 is 5.97 Å². The summed E-state index contributed by atoms with van der Waals surface area (Å²) in [4.78, 5) is 39.7. The number of hydrogen-bond donors (Lipinski definition) is 1. The van der Waals surface area contributed by atoms with Gasteiger partial charge in [-0.25, -0.2) is 9.59 Å². The minimum Gasteiger partial charge on any atom is -0.423 e. The first-order valence-corrected chi connectivity index (χ1v) is 9.62. The molecule has 0 spiro atoms. The van der Waals surface area contributed by atoms with Crippen molar-refractivity contribution >= 4 is 29.3 Å². The number of urea groups is 1. The van der Waals surface area contributed by atoms with Gasteiger partial charge in [0.05, 0.1) is 5.56 Å². The summed E-state index contributed by atoms with van der Waals surface area (Å²) in [5.74, 6) is -0.0621. The van der Waals surface area contributed by atoms with Crippen LogP contribution < -0.4 is 19.9 Å². The number of carbonyl (C=O) groups excluding carboxylic acids is 3. The Bertz CT molecular complexity index is 909. The molecule has 152 valence electrons. The Morgan fingerprint density at radius 1 is 1.14 bits per heavy atom. The molecule has 2 aromatic rings. The van der Waals surface area contributed by atoms with Crippen LogP contribution in [-0.2, 0) is 4.79 Å². The van der Waals surface area contributed by atoms with Crippen LogP contribution in [0.3, 0.4) is 0 Å². The summed E-state index contributed by atoms with van der Waals surface area (Å²) < 4.78 is 5.44. The first kappa shape index (κ1) is 20.4. The average molecular weight is 395 g/mol. The zero-order valence-corrected chi connectivity index (χ0v) is 16.8. The van der Waals surface area contributed by atoms with E-state index in [2.05, 4.69) is 5.32 Å². The van der Waals surface area contributed by atoms with Gasteiger partial charge >= 0.3 is 12.0 Å². The van der Waals surface area contributed by atoms with Gasteiger partial charge in [-0.05, 0) is 62.7 Å². The fourth-order valence-corrected chi connectivity index (χ4v) is 3.09. The monoisotopic (exact) mass is 395 g/mol. The average Bonchev–Trinajstić information content (AvgIpc) is 3.13. The van der Waals surface area contributed by atoms with Gasteiger partial charge in [-0.15, -0.1) is 0 Å². The van der Waals surface area contributed by atoms with E-state index in [1.54, 1.807) is 54.4 Å². The Labute approximate surface area is 170 Å². The zero-order valence-electron chi connectivity index (χ0n) is 16.8. The minimum atomic E-state index is -0.503. The van der Waals surface area contributed by atoms with Crippen molar-refractivity contribution in [3.8, 4) is 5.75 Å². The normalized spacial score (nSPS) is 13.5. The van der Waals surface area contributed by atoms with Crippen molar-refractivity contribution < 1.29 is 19.1 Å². The number of nitrogens with zero attached hydrogens (tertiary/aromatic N) is 2. The van der Waals surface area contributed by atoms with Crippen LogP contribution in [0.5, 0.6) is 5.75 Å². The summed E-state index contributed by atoms with van der Waals surface area (Å²) in [5.41, 5.74) is 1.76. The third kappa shape index (κ3) is 4.93. The highest BCUT2D eigenvalue weighted by Crippen LogP contribution is 2.24. The predicted octanol–water partition coefficient (Wildman–Crippen LogP) is 3.59. The molecule has 3 rings (SSSR count). The second-order valence-corrected chi connectivity index (χ2v) is 7.25. The summed E-state index contributed by atoms with van der Waals surface area (Å²) in [5, 5.41) is 2.81. The molecule has 0 saturated carbocycles. The van der Waals surface area contributed by atoms with Crippen LogP contribution in [0.1, 0.15) is 37.0 Å². The van der Waals surface area contributed by atoms with E-state index in [1.807, 2.05) is 19.9 Å². The lowest BCUT2D eigenvalue weighted by Gasteiger charge is -2.20. The standard InChI is InChI=1S/C22H25N3O4/c1-15(2)23-22(28)24(3)17-9-11-19(12-10-17)29-21(27)16-6-4-7-18(14-16)25-13-5-8-20(25)26/h4,6-7,9-12,14-15H,5,8,13H2,1-3H3,(H,23,28). The van der Waals surface area contributed by atoms with E-state index in [0.717, 1.165) is 6.42 Å². The maximum atomic E-state index is 12.5. The topological polar surface area (TPSA) is 79.0 Å². The van der Waals surface area contributed by atoms with E-state index in [9.17, 15) is 14.4 Å². The molecular weight excluding hydrogens is 370 g/mol. The number of hydrogen-bond acceptors (Lipinski definition) is 4. The summed E-state index contributed by atoms with van der Waals surface area (Å²) in [7, 11) is 1.67. The number of amides is 3. The molecule has 0 radical (unpaired) electrons. The number of esters is 1. The molecule has 0 atom stereocenters. The van der Waals surface area contributed by atoms with Gasteiger partial charge in [0.25, 0.3) is 0 Å². The second kappa shape index (κ2) is 8.77. The fraction of sp³-hybridized carbons (Fsp3) is 0.318. The molecule has 3 amide bonds. The lowest BCUT2D eigenvalue weighted by Crippen LogP contribution is -2.40. The molecule has 1 aliphatic rings. The lowest BCUT2D eigenvalue weighted by molar-refractivity contribution is -0.117. The van der Waals surface area contributed by atoms with Crippen molar-refractivity contribution in [3.05, 3.63) is 54.1 Å². The van der Waals surface area contributed by atoms with Crippen molar-refractivity contribution in [2.45, 2.75) is 32.7 Å². The number of ether oxygens (including phenoxy) is 1. The fourth-order valence-electron chi connectivity index (χ4n) is 3.09. The number of nitrogens with one attached hydrogen (secondary N) is 1. The van der Waals surface area contributed by atoms with E-state index >= 15 is 0 Å². The molecule has 0 bridgehead atoms. The Hall–Kier alpha value is -3.35. The van der Waals surface area contributed by atoms with E-state index in [0.29, 0.717) is 35.7 Å². The maximum absolute atomic E-state index is 12.5. The molecule has 0 unspecified atom stereocenters. The van der Waals surface area contributed by atoms with Crippen molar-refractivity contribution in [2.75, 3.05) is 23.4 Å². The van der Waals surface area contributed by atoms with Gasteiger partial charge in [-0.2, -0.15) is 0 Å². The van der Waals surface area contributed by atoms with Crippen molar-refractivity contribution in [1.29, 1.82) is 0 Å². The molecular formula is C22H25N3O4. The van der Waals surface area contributed by atoms with Gasteiger partial charge in [0.1, 0.15) is 5.75 Å². The van der Waals surface area contributed by atoms with E-state index in [-0.39, 0.29) is 18.0 Å². The molecule has 7 heteroatoms. The molecule has 1 aliphatic heterocycles. The Kier molecular flexibility index (Phi) is 6.16. The molecule has 2 aromatic carbocycles. The quantitative estimate of drug-likeness (QED) is 0.620. The summed E-state index contributed by atoms with van der Waals surface area (Å²) >= 11 is 0. The van der Waals surface area contributed by atoms with Crippen LogP contribution in [0.15, 0.2) is 48.5 Å². The molecule has 1 fully saturated rings. The molecule has 7 nitrogen and oxygen atoms in total. The number of anilines is 2. The molecule has 0 aliphatic carbocycles. The number of carbonyl (C=O) groups is 3. The Morgan fingerprint density at radius 2 is 1.86 bits per heavy atom. The van der Waals surface area contributed by atoms with Crippen LogP contribution in [0, 0.1) is 0 Å². The number of rotatable bonds is 5. The molecule has 1 saturated heterocycles. The summed E-state index contributed by atoms with van der Waals surface area (Å²) in [6, 6.07) is 13.4. The largest absolute Gasteiger partial charge is 0.423 e. The van der Waals surface area contributed by atoms with Gasteiger partial charge in [0.15, 0.2) is 0 Å². The second-order valence-electron chi connectivity index (χ2n) is 7.25. The van der Waals surface area contributed by atoms with Gasteiger partial charge in [-0.1, -0.05) is 6.07 Å². The molecule has 1 N–H and O–H groups in total. The third-order valence-electron chi connectivity index (χ3n) is 4.62. The van der Waals surface area contributed by atoms with Crippen LogP contribution in [-0.4, -0.2) is 37.5 Å². The van der Waals surface area contributed by atoms with Gasteiger partial charge in [0, 0.05) is 37.4 Å².